The zero-order valence-electron chi connectivity index (χ0n) is 9.07. The monoisotopic (exact) mass is 203 g/mol. The van der Waals surface area contributed by atoms with E-state index in [0.717, 1.165) is 6.42 Å². The van der Waals surface area contributed by atoms with Crippen molar-refractivity contribution in [2.75, 3.05) is 13.7 Å². The highest BCUT2D eigenvalue weighted by atomic mass is 16.5. The fraction of sp³-hybridized carbons (Fsp3) is 0.385. The lowest BCUT2D eigenvalue weighted by Gasteiger charge is -2.09. The Hall–Kier alpha value is -1.30. The van der Waals surface area contributed by atoms with Crippen LogP contribution in [-0.2, 0) is 11.3 Å². The van der Waals surface area contributed by atoms with E-state index < -0.39 is 0 Å². The van der Waals surface area contributed by atoms with E-state index in [9.17, 15) is 0 Å². The zero-order valence-corrected chi connectivity index (χ0v) is 9.07. The predicted octanol–water partition coefficient (Wildman–Crippen LogP) is 1.81. The van der Waals surface area contributed by atoms with Gasteiger partial charge in [-0.25, -0.2) is 0 Å². The van der Waals surface area contributed by atoms with Gasteiger partial charge in [0.25, 0.3) is 0 Å². The van der Waals surface area contributed by atoms with E-state index in [0.29, 0.717) is 13.2 Å². The molecule has 2 nitrogen and oxygen atoms in total. The number of rotatable bonds is 6. The van der Waals surface area contributed by atoms with E-state index in [1.165, 1.54) is 5.56 Å². The van der Waals surface area contributed by atoms with E-state index in [2.05, 4.69) is 23.4 Å². The molecule has 0 amide bonds. The Labute approximate surface area is 91.6 Å². The zero-order chi connectivity index (χ0) is 10.9. The minimum absolute atomic E-state index is 0.112. The summed E-state index contributed by atoms with van der Waals surface area (Å²) in [6, 6.07) is 10.2. The van der Waals surface area contributed by atoms with Crippen molar-refractivity contribution in [2.24, 2.45) is 0 Å². The highest BCUT2D eigenvalue weighted by Crippen LogP contribution is 2.01. The molecule has 0 saturated heterocycles. The number of hydrogen-bond acceptors (Lipinski definition) is 2. The van der Waals surface area contributed by atoms with Crippen LogP contribution in [0.2, 0.25) is 0 Å². The van der Waals surface area contributed by atoms with Gasteiger partial charge in [0.05, 0.1) is 12.6 Å². The molecule has 0 spiro atoms. The Balaban J connectivity index is 2.15. The van der Waals surface area contributed by atoms with Gasteiger partial charge in [-0.1, -0.05) is 36.3 Å². The van der Waals surface area contributed by atoms with Crippen LogP contribution in [0.1, 0.15) is 12.0 Å². The van der Waals surface area contributed by atoms with Crippen molar-refractivity contribution in [3.05, 3.63) is 35.9 Å². The van der Waals surface area contributed by atoms with Gasteiger partial charge in [0.1, 0.15) is 0 Å². The Morgan fingerprint density at radius 1 is 1.40 bits per heavy atom. The van der Waals surface area contributed by atoms with Crippen molar-refractivity contribution >= 4 is 0 Å². The lowest BCUT2D eigenvalue weighted by molar-refractivity contribution is 0.115. The molecular weight excluding hydrogens is 186 g/mol. The standard InChI is InChI=1S/C13H17NO/c1-3-13(14-2)9-10-15-11-12-7-5-4-6-8-12/h1,4-8,13-14H,9-11H2,2H3. The van der Waals surface area contributed by atoms with Crippen LogP contribution in [0.15, 0.2) is 30.3 Å². The minimum atomic E-state index is 0.112. The number of benzene rings is 1. The summed E-state index contributed by atoms with van der Waals surface area (Å²) in [5.74, 6) is 2.66. The van der Waals surface area contributed by atoms with Gasteiger partial charge in [0, 0.05) is 6.61 Å². The van der Waals surface area contributed by atoms with E-state index >= 15 is 0 Å². The Morgan fingerprint density at radius 3 is 2.73 bits per heavy atom. The summed E-state index contributed by atoms with van der Waals surface area (Å²) in [6.07, 6.45) is 6.16. The predicted molar refractivity (Wildman–Crippen MR) is 62.4 cm³/mol. The Morgan fingerprint density at radius 2 is 2.13 bits per heavy atom. The van der Waals surface area contributed by atoms with Crippen LogP contribution in [-0.4, -0.2) is 19.7 Å². The molecule has 2 heteroatoms. The normalized spacial score (nSPS) is 12.0. The van der Waals surface area contributed by atoms with E-state index in [1.54, 1.807) is 0 Å². The molecule has 0 saturated carbocycles. The lowest BCUT2D eigenvalue weighted by atomic mass is 10.2. The number of nitrogens with one attached hydrogen (secondary N) is 1. The smallest absolute Gasteiger partial charge is 0.0716 e. The van der Waals surface area contributed by atoms with Crippen LogP contribution in [0, 0.1) is 12.3 Å². The molecule has 1 rings (SSSR count). The van der Waals surface area contributed by atoms with Crippen molar-refractivity contribution in [3.8, 4) is 12.3 Å². The first-order valence-electron chi connectivity index (χ1n) is 5.12. The first-order chi connectivity index (χ1) is 7.36. The molecule has 0 bridgehead atoms. The lowest BCUT2D eigenvalue weighted by Crippen LogP contribution is -2.24. The van der Waals surface area contributed by atoms with Crippen molar-refractivity contribution in [2.45, 2.75) is 19.1 Å². The van der Waals surface area contributed by atoms with Crippen LogP contribution in [0.3, 0.4) is 0 Å². The first kappa shape index (κ1) is 11.8. The van der Waals surface area contributed by atoms with Crippen LogP contribution in [0.25, 0.3) is 0 Å². The van der Waals surface area contributed by atoms with Crippen LogP contribution < -0.4 is 5.32 Å². The summed E-state index contributed by atoms with van der Waals surface area (Å²) in [4.78, 5) is 0. The maximum atomic E-state index is 5.52. The summed E-state index contributed by atoms with van der Waals surface area (Å²) in [5, 5.41) is 3.03. The van der Waals surface area contributed by atoms with E-state index in [-0.39, 0.29) is 6.04 Å². The van der Waals surface area contributed by atoms with Gasteiger partial charge in [-0.15, -0.1) is 6.42 Å². The summed E-state index contributed by atoms with van der Waals surface area (Å²) in [6.45, 7) is 1.34. The van der Waals surface area contributed by atoms with Gasteiger partial charge >= 0.3 is 0 Å². The average molecular weight is 203 g/mol. The van der Waals surface area contributed by atoms with Gasteiger partial charge in [0.2, 0.25) is 0 Å². The fourth-order valence-corrected chi connectivity index (χ4v) is 1.28. The number of terminal acetylenes is 1. The Kier molecular flexibility index (Phi) is 5.54. The third-order valence-electron chi connectivity index (χ3n) is 2.21. The quantitative estimate of drug-likeness (QED) is 0.562. The van der Waals surface area contributed by atoms with Gasteiger partial charge in [-0.3, -0.25) is 0 Å². The molecule has 1 aromatic carbocycles. The third kappa shape index (κ3) is 4.64. The second-order valence-electron chi connectivity index (χ2n) is 3.33. The molecule has 1 atom stereocenters. The van der Waals surface area contributed by atoms with Gasteiger partial charge < -0.3 is 10.1 Å². The maximum Gasteiger partial charge on any atom is 0.0716 e. The molecular formula is C13H17NO. The van der Waals surface area contributed by atoms with Crippen molar-refractivity contribution in [1.29, 1.82) is 0 Å². The molecule has 0 aliphatic carbocycles. The first-order valence-corrected chi connectivity index (χ1v) is 5.12. The summed E-state index contributed by atoms with van der Waals surface area (Å²) in [5.41, 5.74) is 1.19. The average Bonchev–Trinajstić information content (AvgIpc) is 2.31. The molecule has 15 heavy (non-hydrogen) atoms. The van der Waals surface area contributed by atoms with Gasteiger partial charge in [0.15, 0.2) is 0 Å². The van der Waals surface area contributed by atoms with Crippen LogP contribution in [0.4, 0.5) is 0 Å². The third-order valence-corrected chi connectivity index (χ3v) is 2.21. The van der Waals surface area contributed by atoms with Crippen molar-refractivity contribution in [3.63, 3.8) is 0 Å². The maximum absolute atomic E-state index is 5.52. The van der Waals surface area contributed by atoms with Gasteiger partial charge in [-0.05, 0) is 19.0 Å². The molecule has 0 aromatic heterocycles. The fourth-order valence-electron chi connectivity index (χ4n) is 1.28. The summed E-state index contributed by atoms with van der Waals surface area (Å²) >= 11 is 0. The highest BCUT2D eigenvalue weighted by Gasteiger charge is 2.00. The molecule has 0 fully saturated rings. The molecule has 1 unspecified atom stereocenters. The topological polar surface area (TPSA) is 21.3 Å². The number of ether oxygens (including phenoxy) is 1. The van der Waals surface area contributed by atoms with E-state index in [1.807, 2.05) is 25.2 Å². The molecule has 1 aromatic rings. The molecule has 1 N–H and O–H groups in total. The van der Waals surface area contributed by atoms with Gasteiger partial charge in [-0.2, -0.15) is 0 Å². The van der Waals surface area contributed by atoms with Crippen LogP contribution >= 0.6 is 0 Å². The highest BCUT2D eigenvalue weighted by molar-refractivity contribution is 5.13. The largest absolute Gasteiger partial charge is 0.377 e. The van der Waals surface area contributed by atoms with E-state index in [4.69, 9.17) is 11.2 Å². The molecule has 0 heterocycles. The second-order valence-corrected chi connectivity index (χ2v) is 3.33. The second kappa shape index (κ2) is 7.05. The van der Waals surface area contributed by atoms with Crippen molar-refractivity contribution in [1.82, 2.24) is 5.32 Å². The molecule has 0 aliphatic rings. The summed E-state index contributed by atoms with van der Waals surface area (Å²) in [7, 11) is 1.86. The van der Waals surface area contributed by atoms with Crippen LogP contribution in [0.5, 0.6) is 0 Å². The Bertz CT molecular complexity index is 302. The molecule has 80 valence electrons. The number of hydrogen-bond donors (Lipinski definition) is 1. The molecule has 0 radical (unpaired) electrons. The minimum Gasteiger partial charge on any atom is -0.377 e. The summed E-state index contributed by atoms with van der Waals surface area (Å²) < 4.78 is 5.52. The SMILES string of the molecule is C#CC(CCOCc1ccccc1)NC. The van der Waals surface area contributed by atoms with Crippen molar-refractivity contribution < 1.29 is 4.74 Å². The molecule has 0 aliphatic heterocycles.